The van der Waals surface area contributed by atoms with Gasteiger partial charge >= 0.3 is 0 Å². The lowest BCUT2D eigenvalue weighted by Crippen LogP contribution is -2.30. The Morgan fingerprint density at radius 2 is 2.26 bits per heavy atom. The van der Waals surface area contributed by atoms with Crippen LogP contribution in [0, 0.1) is 5.82 Å². The normalized spacial score (nSPS) is 17.3. The van der Waals surface area contributed by atoms with Crippen LogP contribution < -0.4 is 10.1 Å². The van der Waals surface area contributed by atoms with Crippen molar-refractivity contribution in [1.29, 1.82) is 0 Å². The second-order valence-electron chi connectivity index (χ2n) is 4.95. The van der Waals surface area contributed by atoms with Crippen molar-refractivity contribution in [2.24, 2.45) is 0 Å². The molecule has 1 heterocycles. The second kappa shape index (κ2) is 7.46. The molecular formula is C15H22FNO2. The Labute approximate surface area is 114 Å². The molecule has 1 N–H and O–H groups in total. The van der Waals surface area contributed by atoms with Crippen molar-refractivity contribution >= 4 is 0 Å². The first-order chi connectivity index (χ1) is 9.29. The first-order valence-electron chi connectivity index (χ1n) is 6.94. The van der Waals surface area contributed by atoms with Crippen molar-refractivity contribution < 1.29 is 13.9 Å². The Bertz CT molecular complexity index is 398. The third-order valence-electron chi connectivity index (χ3n) is 3.34. The van der Waals surface area contributed by atoms with Gasteiger partial charge in [-0.15, -0.1) is 0 Å². The number of hydrogen-bond donors (Lipinski definition) is 1. The highest BCUT2D eigenvalue weighted by molar-refractivity contribution is 5.37. The maximum atomic E-state index is 13.1. The number of hydrogen-bond acceptors (Lipinski definition) is 3. The van der Waals surface area contributed by atoms with Crippen molar-refractivity contribution in [3.05, 3.63) is 29.6 Å². The highest BCUT2D eigenvalue weighted by Gasteiger charge is 2.22. The molecule has 0 radical (unpaired) electrons. The maximum absolute atomic E-state index is 13.1. The number of benzene rings is 1. The number of rotatable bonds is 8. The average molecular weight is 267 g/mol. The molecule has 3 nitrogen and oxygen atoms in total. The summed E-state index contributed by atoms with van der Waals surface area (Å²) in [5.74, 6) is 0.641. The molecule has 1 aromatic carbocycles. The van der Waals surface area contributed by atoms with Gasteiger partial charge in [0.05, 0.1) is 0 Å². The van der Waals surface area contributed by atoms with Crippen LogP contribution >= 0.6 is 0 Å². The lowest BCUT2D eigenvalue weighted by atomic mass is 10.1. The van der Waals surface area contributed by atoms with Crippen LogP contribution in [0.15, 0.2) is 18.2 Å². The highest BCUT2D eigenvalue weighted by atomic mass is 19.1. The smallest absolute Gasteiger partial charge is 0.123 e. The molecule has 0 saturated carbocycles. The highest BCUT2D eigenvalue weighted by Crippen LogP contribution is 2.28. The molecule has 1 aliphatic rings. The van der Waals surface area contributed by atoms with E-state index in [0.717, 1.165) is 50.3 Å². The van der Waals surface area contributed by atoms with E-state index in [0.29, 0.717) is 0 Å². The summed E-state index contributed by atoms with van der Waals surface area (Å²) < 4.78 is 23.8. The van der Waals surface area contributed by atoms with E-state index in [2.05, 4.69) is 5.32 Å². The zero-order valence-corrected chi connectivity index (χ0v) is 11.5. The van der Waals surface area contributed by atoms with Gasteiger partial charge in [-0.25, -0.2) is 4.39 Å². The van der Waals surface area contributed by atoms with Crippen molar-refractivity contribution in [1.82, 2.24) is 5.32 Å². The zero-order chi connectivity index (χ0) is 13.5. The van der Waals surface area contributed by atoms with E-state index in [1.807, 2.05) is 0 Å². The number of halogens is 1. The maximum Gasteiger partial charge on any atom is 0.123 e. The summed E-state index contributed by atoms with van der Waals surface area (Å²) in [5.41, 5.74) is 0.979. The summed E-state index contributed by atoms with van der Waals surface area (Å²) in [6.07, 6.45) is 4.37. The fraction of sp³-hybridized carbons (Fsp3) is 0.600. The lowest BCUT2D eigenvalue weighted by Gasteiger charge is -2.11. The Balaban J connectivity index is 1.59. The molecular weight excluding hydrogens is 245 g/mol. The molecule has 0 saturated heterocycles. The van der Waals surface area contributed by atoms with E-state index in [9.17, 15) is 4.39 Å². The van der Waals surface area contributed by atoms with Crippen LogP contribution in [0.5, 0.6) is 5.75 Å². The quantitative estimate of drug-likeness (QED) is 0.734. The van der Waals surface area contributed by atoms with Gasteiger partial charge in [0, 0.05) is 32.2 Å². The Morgan fingerprint density at radius 1 is 1.37 bits per heavy atom. The minimum absolute atomic E-state index is 0.135. The van der Waals surface area contributed by atoms with Crippen LogP contribution in [0.2, 0.25) is 0 Å². The molecule has 0 aliphatic carbocycles. The Hall–Kier alpha value is -1.13. The third-order valence-corrected chi connectivity index (χ3v) is 3.34. The summed E-state index contributed by atoms with van der Waals surface area (Å²) in [6.45, 7) is 2.65. The molecule has 106 valence electrons. The van der Waals surface area contributed by atoms with Gasteiger partial charge in [0.1, 0.15) is 17.7 Å². The molecule has 2 rings (SSSR count). The standard InChI is InChI=1S/C15H22FNO2/c1-18-8-4-2-3-7-17-11-14-10-12-9-13(16)5-6-15(12)19-14/h5-6,9,14,17H,2-4,7-8,10-11H2,1H3. The number of nitrogens with one attached hydrogen (secondary N) is 1. The van der Waals surface area contributed by atoms with Crippen LogP contribution in [0.4, 0.5) is 4.39 Å². The molecule has 1 atom stereocenters. The number of fused-ring (bicyclic) bond motifs is 1. The molecule has 0 fully saturated rings. The Morgan fingerprint density at radius 3 is 3.11 bits per heavy atom. The monoisotopic (exact) mass is 267 g/mol. The fourth-order valence-corrected chi connectivity index (χ4v) is 2.34. The molecule has 1 aliphatic heterocycles. The van der Waals surface area contributed by atoms with Gasteiger partial charge in [0.2, 0.25) is 0 Å². The first kappa shape index (κ1) is 14.3. The van der Waals surface area contributed by atoms with Gasteiger partial charge in [0.15, 0.2) is 0 Å². The van der Waals surface area contributed by atoms with E-state index >= 15 is 0 Å². The van der Waals surface area contributed by atoms with Crippen LogP contribution in [-0.2, 0) is 11.2 Å². The first-order valence-corrected chi connectivity index (χ1v) is 6.94. The number of methoxy groups -OCH3 is 1. The topological polar surface area (TPSA) is 30.5 Å². The zero-order valence-electron chi connectivity index (χ0n) is 11.5. The van der Waals surface area contributed by atoms with Gasteiger partial charge in [-0.1, -0.05) is 0 Å². The average Bonchev–Trinajstić information content (AvgIpc) is 2.79. The summed E-state index contributed by atoms with van der Waals surface area (Å²) in [7, 11) is 1.73. The van der Waals surface area contributed by atoms with E-state index in [4.69, 9.17) is 9.47 Å². The third kappa shape index (κ3) is 4.48. The van der Waals surface area contributed by atoms with Crippen molar-refractivity contribution in [3.8, 4) is 5.75 Å². The van der Waals surface area contributed by atoms with Crippen molar-refractivity contribution in [3.63, 3.8) is 0 Å². The number of ether oxygens (including phenoxy) is 2. The van der Waals surface area contributed by atoms with Gasteiger partial charge < -0.3 is 14.8 Å². The fourth-order valence-electron chi connectivity index (χ4n) is 2.34. The van der Waals surface area contributed by atoms with Gasteiger partial charge in [-0.3, -0.25) is 0 Å². The Kier molecular flexibility index (Phi) is 5.61. The van der Waals surface area contributed by atoms with Crippen molar-refractivity contribution in [2.45, 2.75) is 31.8 Å². The molecule has 0 bridgehead atoms. The molecule has 19 heavy (non-hydrogen) atoms. The summed E-state index contributed by atoms with van der Waals surface area (Å²) >= 11 is 0. The van der Waals surface area contributed by atoms with Crippen LogP contribution in [0.1, 0.15) is 24.8 Å². The number of unbranched alkanes of at least 4 members (excludes halogenated alkanes) is 2. The van der Waals surface area contributed by atoms with E-state index < -0.39 is 0 Å². The molecule has 1 unspecified atom stereocenters. The van der Waals surface area contributed by atoms with Gasteiger partial charge in [-0.2, -0.15) is 0 Å². The largest absolute Gasteiger partial charge is 0.488 e. The molecule has 1 aromatic rings. The van der Waals surface area contributed by atoms with E-state index in [-0.39, 0.29) is 11.9 Å². The SMILES string of the molecule is COCCCCCNCC1Cc2cc(F)ccc2O1. The predicted molar refractivity (Wildman–Crippen MR) is 73.1 cm³/mol. The van der Waals surface area contributed by atoms with Crippen molar-refractivity contribution in [2.75, 3.05) is 26.8 Å². The molecule has 0 amide bonds. The summed E-state index contributed by atoms with van der Waals surface area (Å²) in [6, 6.07) is 4.74. The van der Waals surface area contributed by atoms with Crippen LogP contribution in [0.25, 0.3) is 0 Å². The second-order valence-corrected chi connectivity index (χ2v) is 4.95. The minimum atomic E-state index is -0.186. The summed E-state index contributed by atoms with van der Waals surface area (Å²) in [5, 5.41) is 3.39. The van der Waals surface area contributed by atoms with Gasteiger partial charge in [-0.05, 0) is 44.0 Å². The minimum Gasteiger partial charge on any atom is -0.488 e. The van der Waals surface area contributed by atoms with Gasteiger partial charge in [0.25, 0.3) is 0 Å². The summed E-state index contributed by atoms with van der Waals surface area (Å²) in [4.78, 5) is 0. The van der Waals surface area contributed by atoms with E-state index in [1.54, 1.807) is 19.2 Å². The van der Waals surface area contributed by atoms with E-state index in [1.165, 1.54) is 12.5 Å². The lowest BCUT2D eigenvalue weighted by molar-refractivity contribution is 0.191. The predicted octanol–water partition coefficient (Wildman–Crippen LogP) is 2.54. The van der Waals surface area contributed by atoms with Crippen LogP contribution in [0.3, 0.4) is 0 Å². The molecule has 0 aromatic heterocycles. The molecule has 0 spiro atoms. The molecule has 4 heteroatoms. The van der Waals surface area contributed by atoms with Crippen LogP contribution in [-0.4, -0.2) is 32.9 Å².